The average molecular weight is 398 g/mol. The number of nitrogens with one attached hydrogen (secondary N) is 1. The Morgan fingerprint density at radius 1 is 1.19 bits per heavy atom. The van der Waals surface area contributed by atoms with Crippen molar-refractivity contribution in [2.24, 2.45) is 0 Å². The van der Waals surface area contributed by atoms with Gasteiger partial charge in [0.15, 0.2) is 0 Å². The fourth-order valence-corrected chi connectivity index (χ4v) is 3.76. The van der Waals surface area contributed by atoms with E-state index in [1.165, 1.54) is 24.3 Å². The summed E-state index contributed by atoms with van der Waals surface area (Å²) in [6, 6.07) is 10.9. The Balaban J connectivity index is 2.37. The van der Waals surface area contributed by atoms with Gasteiger partial charge in [-0.3, -0.25) is 4.79 Å². The lowest BCUT2D eigenvalue weighted by Crippen LogP contribution is -2.46. The first-order valence-electron chi connectivity index (χ1n) is 7.94. The third-order valence-electron chi connectivity index (χ3n) is 3.69. The standard InChI is InChI=1S/C18H20ClNO5S/c1-3-25-18(22)16(17(21)14-6-4-5-7-15(14)19)20-26(23,24)13-10-8-12(2)9-11-13/h4-11,16-17,20-21H,3H2,1-2H3. The van der Waals surface area contributed by atoms with Gasteiger partial charge < -0.3 is 9.84 Å². The third kappa shape index (κ3) is 4.82. The van der Waals surface area contributed by atoms with Crippen LogP contribution in [0.1, 0.15) is 24.2 Å². The maximum Gasteiger partial charge on any atom is 0.327 e. The van der Waals surface area contributed by atoms with Gasteiger partial charge in [0.2, 0.25) is 10.0 Å². The van der Waals surface area contributed by atoms with E-state index in [0.29, 0.717) is 0 Å². The van der Waals surface area contributed by atoms with Gasteiger partial charge in [-0.1, -0.05) is 47.5 Å². The number of esters is 1. The van der Waals surface area contributed by atoms with Crippen molar-refractivity contribution in [3.63, 3.8) is 0 Å². The molecule has 0 saturated carbocycles. The number of ether oxygens (including phenoxy) is 1. The quantitative estimate of drug-likeness (QED) is 0.700. The number of rotatable bonds is 7. The molecule has 0 bridgehead atoms. The predicted molar refractivity (Wildman–Crippen MR) is 98.3 cm³/mol. The molecule has 140 valence electrons. The highest BCUT2D eigenvalue weighted by Gasteiger charge is 2.34. The van der Waals surface area contributed by atoms with Crippen molar-refractivity contribution in [1.29, 1.82) is 0 Å². The van der Waals surface area contributed by atoms with Gasteiger partial charge in [-0.15, -0.1) is 0 Å². The minimum absolute atomic E-state index is 0.0243. The lowest BCUT2D eigenvalue weighted by Gasteiger charge is -2.23. The molecule has 0 aliphatic carbocycles. The second kappa shape index (κ2) is 8.64. The molecule has 0 spiro atoms. The minimum Gasteiger partial charge on any atom is -0.465 e. The number of aliphatic hydroxyl groups is 1. The van der Waals surface area contributed by atoms with E-state index in [2.05, 4.69) is 4.72 Å². The molecule has 2 rings (SSSR count). The van der Waals surface area contributed by atoms with Crippen LogP contribution in [0.3, 0.4) is 0 Å². The van der Waals surface area contributed by atoms with Gasteiger partial charge in [0.1, 0.15) is 12.1 Å². The molecule has 0 amide bonds. The number of hydrogen-bond donors (Lipinski definition) is 2. The van der Waals surface area contributed by atoms with Crippen LogP contribution in [0.15, 0.2) is 53.4 Å². The highest BCUT2D eigenvalue weighted by atomic mass is 35.5. The molecule has 0 heterocycles. The fourth-order valence-electron chi connectivity index (χ4n) is 2.32. The van der Waals surface area contributed by atoms with E-state index in [4.69, 9.17) is 16.3 Å². The second-order valence-electron chi connectivity index (χ2n) is 5.63. The highest BCUT2D eigenvalue weighted by Crippen LogP contribution is 2.26. The smallest absolute Gasteiger partial charge is 0.327 e. The van der Waals surface area contributed by atoms with Gasteiger partial charge in [-0.2, -0.15) is 4.72 Å². The van der Waals surface area contributed by atoms with Crippen molar-refractivity contribution in [3.8, 4) is 0 Å². The number of carbonyl (C=O) groups is 1. The molecule has 0 aromatic heterocycles. The van der Waals surface area contributed by atoms with Gasteiger partial charge in [-0.05, 0) is 32.0 Å². The molecule has 2 aromatic rings. The van der Waals surface area contributed by atoms with Crippen molar-refractivity contribution in [1.82, 2.24) is 4.72 Å². The van der Waals surface area contributed by atoms with Crippen LogP contribution >= 0.6 is 11.6 Å². The van der Waals surface area contributed by atoms with Crippen LogP contribution in [0, 0.1) is 6.92 Å². The van der Waals surface area contributed by atoms with E-state index in [-0.39, 0.29) is 22.1 Å². The summed E-state index contributed by atoms with van der Waals surface area (Å²) in [5.74, 6) is -0.893. The number of benzene rings is 2. The predicted octanol–water partition coefficient (Wildman–Crippen LogP) is 2.59. The first-order chi connectivity index (χ1) is 12.3. The van der Waals surface area contributed by atoms with Crippen molar-refractivity contribution >= 4 is 27.6 Å². The first kappa shape index (κ1) is 20.4. The lowest BCUT2D eigenvalue weighted by molar-refractivity contribution is -0.148. The van der Waals surface area contributed by atoms with E-state index in [1.807, 2.05) is 6.92 Å². The number of halogens is 1. The molecule has 0 fully saturated rings. The monoisotopic (exact) mass is 397 g/mol. The zero-order valence-corrected chi connectivity index (χ0v) is 15.9. The number of aliphatic hydroxyl groups excluding tert-OH is 1. The van der Waals surface area contributed by atoms with Gasteiger partial charge >= 0.3 is 5.97 Å². The van der Waals surface area contributed by atoms with Crippen molar-refractivity contribution < 1.29 is 23.1 Å². The summed E-state index contributed by atoms with van der Waals surface area (Å²) in [5.41, 5.74) is 1.11. The van der Waals surface area contributed by atoms with Crippen LogP contribution in [0.5, 0.6) is 0 Å². The van der Waals surface area contributed by atoms with E-state index in [1.54, 1.807) is 31.2 Å². The van der Waals surface area contributed by atoms with Gasteiger partial charge in [-0.25, -0.2) is 8.42 Å². The maximum absolute atomic E-state index is 12.6. The van der Waals surface area contributed by atoms with Crippen LogP contribution in [-0.2, 0) is 19.6 Å². The Labute approximate surface area is 157 Å². The van der Waals surface area contributed by atoms with E-state index in [0.717, 1.165) is 5.56 Å². The van der Waals surface area contributed by atoms with E-state index < -0.39 is 28.1 Å². The van der Waals surface area contributed by atoms with Crippen LogP contribution in [0.2, 0.25) is 5.02 Å². The normalized spacial score (nSPS) is 13.8. The zero-order valence-electron chi connectivity index (χ0n) is 14.3. The molecule has 26 heavy (non-hydrogen) atoms. The lowest BCUT2D eigenvalue weighted by atomic mass is 10.0. The van der Waals surface area contributed by atoms with Gasteiger partial charge in [0.05, 0.1) is 11.5 Å². The van der Waals surface area contributed by atoms with E-state index in [9.17, 15) is 18.3 Å². The van der Waals surface area contributed by atoms with Crippen LogP contribution in [0.4, 0.5) is 0 Å². The number of hydrogen-bond acceptors (Lipinski definition) is 5. The molecule has 2 unspecified atom stereocenters. The molecular weight excluding hydrogens is 378 g/mol. The van der Waals surface area contributed by atoms with Crippen LogP contribution < -0.4 is 4.72 Å². The molecule has 2 N–H and O–H groups in total. The Morgan fingerprint density at radius 3 is 2.38 bits per heavy atom. The fraction of sp³-hybridized carbons (Fsp3) is 0.278. The van der Waals surface area contributed by atoms with Crippen LogP contribution in [0.25, 0.3) is 0 Å². The molecule has 2 aromatic carbocycles. The molecule has 2 atom stereocenters. The van der Waals surface area contributed by atoms with Crippen LogP contribution in [-0.4, -0.2) is 32.1 Å². The number of aryl methyl sites for hydroxylation is 1. The first-order valence-corrected chi connectivity index (χ1v) is 9.80. The Morgan fingerprint density at radius 2 is 1.81 bits per heavy atom. The Hall–Kier alpha value is -1.93. The highest BCUT2D eigenvalue weighted by molar-refractivity contribution is 7.89. The Kier molecular flexibility index (Phi) is 6.77. The maximum atomic E-state index is 12.6. The zero-order chi connectivity index (χ0) is 19.3. The molecule has 0 aliphatic heterocycles. The van der Waals surface area contributed by atoms with Gasteiger partial charge in [0, 0.05) is 10.6 Å². The largest absolute Gasteiger partial charge is 0.465 e. The van der Waals surface area contributed by atoms with Crippen molar-refractivity contribution in [2.45, 2.75) is 30.9 Å². The summed E-state index contributed by atoms with van der Waals surface area (Å²) in [5, 5.41) is 10.8. The summed E-state index contributed by atoms with van der Waals surface area (Å²) in [4.78, 5) is 12.3. The summed E-state index contributed by atoms with van der Waals surface area (Å²) in [7, 11) is -4.06. The molecule has 6 nitrogen and oxygen atoms in total. The summed E-state index contributed by atoms with van der Waals surface area (Å²) in [6.07, 6.45) is -1.51. The SMILES string of the molecule is CCOC(=O)C(NS(=O)(=O)c1ccc(C)cc1)C(O)c1ccccc1Cl. The van der Waals surface area contributed by atoms with Gasteiger partial charge in [0.25, 0.3) is 0 Å². The molecule has 0 saturated heterocycles. The summed E-state index contributed by atoms with van der Waals surface area (Å²) in [6.45, 7) is 3.45. The third-order valence-corrected chi connectivity index (χ3v) is 5.49. The summed E-state index contributed by atoms with van der Waals surface area (Å²) >= 11 is 6.06. The average Bonchev–Trinajstić information content (AvgIpc) is 2.60. The van der Waals surface area contributed by atoms with Crippen molar-refractivity contribution in [2.75, 3.05) is 6.61 Å². The molecule has 0 radical (unpaired) electrons. The minimum atomic E-state index is -4.06. The molecular formula is C18H20ClNO5S. The number of carbonyl (C=O) groups excluding carboxylic acids is 1. The number of sulfonamides is 1. The topological polar surface area (TPSA) is 92.7 Å². The molecule has 8 heteroatoms. The Bertz CT molecular complexity index is 867. The second-order valence-corrected chi connectivity index (χ2v) is 7.75. The van der Waals surface area contributed by atoms with E-state index >= 15 is 0 Å². The van der Waals surface area contributed by atoms with Crippen molar-refractivity contribution in [3.05, 3.63) is 64.7 Å². The summed E-state index contributed by atoms with van der Waals surface area (Å²) < 4.78 is 32.4. The molecule has 0 aliphatic rings.